The van der Waals surface area contributed by atoms with Crippen LogP contribution in [0.15, 0.2) is 0 Å². The van der Waals surface area contributed by atoms with E-state index in [2.05, 4.69) is 4.74 Å². The van der Waals surface area contributed by atoms with Crippen molar-refractivity contribution in [1.82, 2.24) is 0 Å². The summed E-state index contributed by atoms with van der Waals surface area (Å²) in [5, 5.41) is 0. The number of hydrogen-bond donors (Lipinski definition) is 0. The van der Waals surface area contributed by atoms with Crippen LogP contribution >= 0.6 is 0 Å². The average Bonchev–Trinajstić information content (AvgIpc) is 2.10. The van der Waals surface area contributed by atoms with Crippen LogP contribution in [0.3, 0.4) is 0 Å². The lowest BCUT2D eigenvalue weighted by Gasteiger charge is -2.23. The summed E-state index contributed by atoms with van der Waals surface area (Å²) in [6.07, 6.45) is -7.32. The van der Waals surface area contributed by atoms with Crippen LogP contribution in [0.5, 0.6) is 0 Å². The van der Waals surface area contributed by atoms with Crippen molar-refractivity contribution in [2.45, 2.75) is 64.6 Å². The van der Waals surface area contributed by atoms with Crippen molar-refractivity contribution in [3.05, 3.63) is 0 Å². The molecule has 0 rings (SSSR count). The van der Waals surface area contributed by atoms with Gasteiger partial charge in [-0.05, 0) is 12.8 Å². The molecule has 0 spiro atoms. The fourth-order valence-corrected chi connectivity index (χ4v) is 1.09. The van der Waals surface area contributed by atoms with Crippen molar-refractivity contribution in [2.75, 3.05) is 0 Å². The molecule has 0 saturated heterocycles. The number of unbranched alkanes of at least 4 members (excludes halogenated alkanes) is 2. The van der Waals surface area contributed by atoms with Gasteiger partial charge in [-0.3, -0.25) is 4.74 Å². The minimum atomic E-state index is -3.72. The third kappa shape index (κ3) is 7.59. The maximum atomic E-state index is 12.8. The molecule has 0 atom stereocenters. The summed E-state index contributed by atoms with van der Waals surface area (Å²) in [4.78, 5) is 0. The number of hydrogen-bond acceptors (Lipinski definition) is 1. The summed E-state index contributed by atoms with van der Waals surface area (Å²) in [5.41, 5.74) is 0. The Hall–Kier alpha value is -0.320. The first kappa shape index (κ1) is 14.7. The van der Waals surface area contributed by atoms with Crippen LogP contribution in [-0.4, -0.2) is 12.2 Å². The van der Waals surface area contributed by atoms with Crippen LogP contribution in [0.2, 0.25) is 0 Å². The second-order valence-corrected chi connectivity index (χ2v) is 3.58. The lowest BCUT2D eigenvalue weighted by atomic mass is 10.2. The smallest absolute Gasteiger partial charge is 0.255 e. The van der Waals surface area contributed by atoms with E-state index in [1.165, 1.54) is 0 Å². The molecule has 0 aromatic rings. The van der Waals surface area contributed by atoms with E-state index in [9.17, 15) is 17.6 Å². The Morgan fingerprint density at radius 2 is 1.13 bits per heavy atom. The lowest BCUT2D eigenvalue weighted by Crippen LogP contribution is -2.33. The highest BCUT2D eigenvalue weighted by Gasteiger charge is 2.42. The van der Waals surface area contributed by atoms with E-state index in [1.807, 2.05) is 0 Å². The first-order chi connectivity index (χ1) is 6.83. The Morgan fingerprint density at radius 1 is 0.800 bits per heavy atom. The molecule has 0 amide bonds. The molecule has 0 aliphatic carbocycles. The number of alkyl halides is 4. The summed E-state index contributed by atoms with van der Waals surface area (Å²) in [6.45, 7) is 3.43. The van der Waals surface area contributed by atoms with E-state index in [1.54, 1.807) is 13.8 Å². The van der Waals surface area contributed by atoms with Gasteiger partial charge in [-0.1, -0.05) is 26.7 Å². The first-order valence-corrected chi connectivity index (χ1v) is 5.29. The highest BCUT2D eigenvalue weighted by Crippen LogP contribution is 2.33. The van der Waals surface area contributed by atoms with Gasteiger partial charge in [0.15, 0.2) is 0 Å². The minimum absolute atomic E-state index is 0.177. The molecular formula is C10H18F4O. The summed E-state index contributed by atoms with van der Waals surface area (Å²) >= 11 is 0. The summed E-state index contributed by atoms with van der Waals surface area (Å²) in [6, 6.07) is 0. The molecule has 0 aromatic carbocycles. The summed E-state index contributed by atoms with van der Waals surface area (Å²) in [7, 11) is 0. The van der Waals surface area contributed by atoms with Crippen molar-refractivity contribution >= 4 is 0 Å². The largest absolute Gasteiger partial charge is 0.360 e. The van der Waals surface area contributed by atoms with E-state index < -0.39 is 25.1 Å². The molecule has 0 N–H and O–H groups in total. The standard InChI is InChI=1S/C10H18F4O/c1-3-5-7-9(11,12)15-10(13,14)8-6-4-2/h3-8H2,1-2H3. The molecule has 5 heteroatoms. The molecule has 0 unspecified atom stereocenters. The zero-order valence-electron chi connectivity index (χ0n) is 9.16. The molecule has 0 aliphatic rings. The van der Waals surface area contributed by atoms with Crippen LogP contribution in [0, 0.1) is 0 Å². The number of rotatable bonds is 8. The van der Waals surface area contributed by atoms with E-state index in [-0.39, 0.29) is 12.8 Å². The number of halogens is 4. The Labute approximate surface area is 87.8 Å². The predicted octanol–water partition coefficient (Wildman–Crippen LogP) is 4.57. The maximum Gasteiger partial charge on any atom is 0.360 e. The highest BCUT2D eigenvalue weighted by atomic mass is 19.3. The molecule has 0 aromatic heterocycles. The quantitative estimate of drug-likeness (QED) is 0.555. The zero-order valence-corrected chi connectivity index (χ0v) is 9.16. The van der Waals surface area contributed by atoms with Crippen molar-refractivity contribution in [2.24, 2.45) is 0 Å². The Balaban J connectivity index is 4.04. The zero-order chi connectivity index (χ0) is 11.9. The molecule has 0 fully saturated rings. The Morgan fingerprint density at radius 3 is 1.40 bits per heavy atom. The van der Waals surface area contributed by atoms with Crippen molar-refractivity contribution in [3.8, 4) is 0 Å². The van der Waals surface area contributed by atoms with Gasteiger partial charge in [-0.15, -0.1) is 0 Å². The molecule has 0 bridgehead atoms. The van der Waals surface area contributed by atoms with Crippen LogP contribution in [-0.2, 0) is 4.74 Å². The van der Waals surface area contributed by atoms with Crippen molar-refractivity contribution < 1.29 is 22.3 Å². The van der Waals surface area contributed by atoms with E-state index in [0.717, 1.165) is 0 Å². The van der Waals surface area contributed by atoms with Crippen molar-refractivity contribution in [1.29, 1.82) is 0 Å². The molecule has 0 aliphatic heterocycles. The molecule has 0 radical (unpaired) electrons. The van der Waals surface area contributed by atoms with Gasteiger partial charge in [-0.25, -0.2) is 0 Å². The van der Waals surface area contributed by atoms with Crippen LogP contribution in [0.4, 0.5) is 17.6 Å². The predicted molar refractivity (Wildman–Crippen MR) is 50.0 cm³/mol. The van der Waals surface area contributed by atoms with E-state index in [0.29, 0.717) is 12.8 Å². The molecule has 0 saturated carbocycles. The van der Waals surface area contributed by atoms with Gasteiger partial charge >= 0.3 is 12.2 Å². The molecule has 15 heavy (non-hydrogen) atoms. The second kappa shape index (κ2) is 6.30. The Kier molecular flexibility index (Phi) is 6.17. The van der Waals surface area contributed by atoms with Crippen LogP contribution in [0.1, 0.15) is 52.4 Å². The molecule has 1 nitrogen and oxygen atoms in total. The fraction of sp³-hybridized carbons (Fsp3) is 1.00. The van der Waals surface area contributed by atoms with Gasteiger partial charge in [0.1, 0.15) is 0 Å². The summed E-state index contributed by atoms with van der Waals surface area (Å²) < 4.78 is 54.9. The third-order valence-corrected chi connectivity index (χ3v) is 1.94. The van der Waals surface area contributed by atoms with Gasteiger partial charge in [0.25, 0.3) is 0 Å². The SMILES string of the molecule is CCCCC(F)(F)OC(F)(F)CCCC. The van der Waals surface area contributed by atoms with Gasteiger partial charge in [-0.2, -0.15) is 17.6 Å². The Bertz CT molecular complexity index is 153. The maximum absolute atomic E-state index is 12.8. The monoisotopic (exact) mass is 230 g/mol. The number of ether oxygens (including phenoxy) is 1. The van der Waals surface area contributed by atoms with Gasteiger partial charge < -0.3 is 0 Å². The topological polar surface area (TPSA) is 9.23 Å². The fourth-order valence-electron chi connectivity index (χ4n) is 1.09. The molecular weight excluding hydrogens is 212 g/mol. The van der Waals surface area contributed by atoms with Crippen LogP contribution < -0.4 is 0 Å². The first-order valence-electron chi connectivity index (χ1n) is 5.29. The van der Waals surface area contributed by atoms with E-state index >= 15 is 0 Å². The highest BCUT2D eigenvalue weighted by molar-refractivity contribution is 4.60. The minimum Gasteiger partial charge on any atom is -0.255 e. The van der Waals surface area contributed by atoms with Gasteiger partial charge in [0.05, 0.1) is 0 Å². The average molecular weight is 230 g/mol. The summed E-state index contributed by atoms with van der Waals surface area (Å²) in [5.74, 6) is 0. The third-order valence-electron chi connectivity index (χ3n) is 1.94. The van der Waals surface area contributed by atoms with Gasteiger partial charge in [0, 0.05) is 12.8 Å². The second-order valence-electron chi connectivity index (χ2n) is 3.58. The van der Waals surface area contributed by atoms with Crippen LogP contribution in [0.25, 0.3) is 0 Å². The van der Waals surface area contributed by atoms with Gasteiger partial charge in [0.2, 0.25) is 0 Å². The lowest BCUT2D eigenvalue weighted by molar-refractivity contribution is -0.378. The molecule has 0 heterocycles. The normalized spacial score (nSPS) is 13.2. The molecule has 92 valence electrons. The van der Waals surface area contributed by atoms with E-state index in [4.69, 9.17) is 0 Å². The van der Waals surface area contributed by atoms with Crippen molar-refractivity contribution in [3.63, 3.8) is 0 Å².